The molecule has 4 rings (SSSR count). The first-order chi connectivity index (χ1) is 6.24. The van der Waals surface area contributed by atoms with Gasteiger partial charge in [0, 0.05) is 0 Å². The fourth-order valence-corrected chi connectivity index (χ4v) is 1.74. The molecule has 0 aromatic carbocycles. The number of ether oxygens (including phenoxy) is 1. The molecule has 0 aromatic heterocycles. The number of aliphatic hydroxyl groups is 4. The maximum absolute atomic E-state index is 9.74. The first-order valence-corrected chi connectivity index (χ1v) is 3.87. The Morgan fingerprint density at radius 3 is 2.07 bits per heavy atom. The van der Waals surface area contributed by atoms with E-state index in [4.69, 9.17) is 9.31 Å². The SMILES string of the molecule is C[C@@]1(O)OC23OB(O2)O[C@@]3(O)C1(O)O. The molecular formula is C5H7BO8. The molecule has 78 valence electrons. The summed E-state index contributed by atoms with van der Waals surface area (Å²) in [4.78, 5) is 0. The molecule has 0 radical (unpaired) electrons. The van der Waals surface area contributed by atoms with E-state index in [2.05, 4.69) is 9.39 Å². The second kappa shape index (κ2) is 1.86. The van der Waals surface area contributed by atoms with E-state index in [-0.39, 0.29) is 0 Å². The van der Waals surface area contributed by atoms with E-state index in [9.17, 15) is 20.4 Å². The summed E-state index contributed by atoms with van der Waals surface area (Å²) in [5.74, 6) is -10.3. The molecule has 2 atom stereocenters. The van der Waals surface area contributed by atoms with Crippen molar-refractivity contribution in [2.24, 2.45) is 0 Å². The van der Waals surface area contributed by atoms with Gasteiger partial charge in [-0.25, -0.2) is 0 Å². The van der Waals surface area contributed by atoms with Crippen molar-refractivity contribution in [3.63, 3.8) is 0 Å². The van der Waals surface area contributed by atoms with Gasteiger partial charge in [0.05, 0.1) is 0 Å². The molecule has 4 saturated heterocycles. The van der Waals surface area contributed by atoms with Crippen molar-refractivity contribution in [3.8, 4) is 0 Å². The molecule has 4 heterocycles. The van der Waals surface area contributed by atoms with Crippen LogP contribution >= 0.6 is 0 Å². The first kappa shape index (κ1) is 9.01. The molecule has 9 heteroatoms. The first-order valence-electron chi connectivity index (χ1n) is 3.87. The highest BCUT2D eigenvalue weighted by Crippen LogP contribution is 2.61. The van der Waals surface area contributed by atoms with Crippen LogP contribution < -0.4 is 0 Å². The van der Waals surface area contributed by atoms with Gasteiger partial charge in [0.1, 0.15) is 0 Å². The third-order valence-corrected chi connectivity index (χ3v) is 2.64. The van der Waals surface area contributed by atoms with Gasteiger partial charge in [0.15, 0.2) is 0 Å². The van der Waals surface area contributed by atoms with E-state index in [1.165, 1.54) is 0 Å². The fraction of sp³-hybridized carbons (Fsp3) is 1.00. The lowest BCUT2D eigenvalue weighted by molar-refractivity contribution is -0.416. The normalized spacial score (nSPS) is 58.5. The summed E-state index contributed by atoms with van der Waals surface area (Å²) in [6.07, 6.45) is 0. The Hall–Kier alpha value is -0.255. The average molecular weight is 206 g/mol. The third-order valence-electron chi connectivity index (χ3n) is 2.64. The molecule has 4 aliphatic heterocycles. The Kier molecular flexibility index (Phi) is 1.20. The predicted octanol–water partition coefficient (Wildman–Crippen LogP) is -3.19. The maximum atomic E-state index is 9.74. The molecule has 4 fully saturated rings. The standard InChI is InChI=1S/C5H7BO8/c1-2(7)3(8,9)4(10)5(11-2)13-6(12-4)14-5/h7-10H,1H3/t2-,4+/m1/s1. The summed E-state index contributed by atoms with van der Waals surface area (Å²) >= 11 is 0. The zero-order chi connectivity index (χ0) is 10.4. The van der Waals surface area contributed by atoms with Crippen molar-refractivity contribution in [3.05, 3.63) is 0 Å². The molecule has 0 unspecified atom stereocenters. The molecule has 0 aromatic rings. The summed E-state index contributed by atoms with van der Waals surface area (Å²) in [7, 11) is -1.21. The minimum Gasteiger partial charge on any atom is -0.361 e. The van der Waals surface area contributed by atoms with Crippen molar-refractivity contribution >= 4 is 7.32 Å². The molecule has 2 bridgehead atoms. The zero-order valence-electron chi connectivity index (χ0n) is 7.00. The van der Waals surface area contributed by atoms with Gasteiger partial charge in [-0.2, -0.15) is 0 Å². The van der Waals surface area contributed by atoms with Gasteiger partial charge in [-0.15, -0.1) is 0 Å². The van der Waals surface area contributed by atoms with Crippen LogP contribution in [-0.2, 0) is 18.7 Å². The summed E-state index contributed by atoms with van der Waals surface area (Å²) in [6.45, 7) is 0.932. The van der Waals surface area contributed by atoms with E-state index in [0.29, 0.717) is 0 Å². The van der Waals surface area contributed by atoms with E-state index >= 15 is 0 Å². The van der Waals surface area contributed by atoms with Crippen LogP contribution in [0.2, 0.25) is 0 Å². The average Bonchev–Trinajstić information content (AvgIpc) is 2.39. The molecule has 14 heavy (non-hydrogen) atoms. The lowest BCUT2D eigenvalue weighted by Gasteiger charge is -2.34. The molecule has 4 aliphatic rings. The van der Waals surface area contributed by atoms with Crippen molar-refractivity contribution < 1.29 is 39.1 Å². The van der Waals surface area contributed by atoms with Crippen LogP contribution in [0.5, 0.6) is 0 Å². The van der Waals surface area contributed by atoms with Gasteiger partial charge in [0.25, 0.3) is 11.6 Å². The molecular weight excluding hydrogens is 199 g/mol. The van der Waals surface area contributed by atoms with E-state index < -0.39 is 30.7 Å². The lowest BCUT2D eigenvalue weighted by Crippen LogP contribution is -2.64. The van der Waals surface area contributed by atoms with Gasteiger partial charge in [-0.05, 0) is 6.92 Å². The Morgan fingerprint density at radius 1 is 1.00 bits per heavy atom. The third kappa shape index (κ3) is 0.595. The van der Waals surface area contributed by atoms with Crippen LogP contribution in [-0.4, -0.2) is 51.1 Å². The summed E-state index contributed by atoms with van der Waals surface area (Å²) in [5, 5.41) is 38.2. The summed E-state index contributed by atoms with van der Waals surface area (Å²) in [5.41, 5.74) is 0. The van der Waals surface area contributed by atoms with Gasteiger partial charge >= 0.3 is 13.3 Å². The molecule has 4 N–H and O–H groups in total. The minimum atomic E-state index is -3.05. The van der Waals surface area contributed by atoms with Crippen LogP contribution in [0.4, 0.5) is 0 Å². The van der Waals surface area contributed by atoms with Crippen molar-refractivity contribution in [2.45, 2.75) is 30.3 Å². The van der Waals surface area contributed by atoms with Crippen LogP contribution in [0.25, 0.3) is 0 Å². The Bertz CT molecular complexity index is 309. The largest absolute Gasteiger partial charge is 0.649 e. The second-order valence-corrected chi connectivity index (χ2v) is 3.60. The maximum Gasteiger partial charge on any atom is 0.649 e. The quantitative estimate of drug-likeness (QED) is 0.242. The predicted molar refractivity (Wildman–Crippen MR) is 35.6 cm³/mol. The molecule has 0 amide bonds. The second-order valence-electron chi connectivity index (χ2n) is 3.60. The van der Waals surface area contributed by atoms with Crippen molar-refractivity contribution in [1.29, 1.82) is 0 Å². The smallest absolute Gasteiger partial charge is 0.361 e. The molecule has 0 aliphatic carbocycles. The number of hydrogen-bond donors (Lipinski definition) is 4. The lowest BCUT2D eigenvalue weighted by atomic mass is 10.0. The van der Waals surface area contributed by atoms with Crippen LogP contribution in [0.3, 0.4) is 0 Å². The number of rotatable bonds is 0. The molecule has 8 nitrogen and oxygen atoms in total. The Morgan fingerprint density at radius 2 is 1.57 bits per heavy atom. The topological polar surface area (TPSA) is 118 Å². The number of hydrogen-bond acceptors (Lipinski definition) is 8. The molecule has 1 spiro atoms. The highest BCUT2D eigenvalue weighted by atomic mass is 17.1. The fourth-order valence-electron chi connectivity index (χ4n) is 1.74. The van der Waals surface area contributed by atoms with Gasteiger partial charge < -0.3 is 34.4 Å². The van der Waals surface area contributed by atoms with Crippen molar-refractivity contribution in [1.82, 2.24) is 0 Å². The van der Waals surface area contributed by atoms with E-state index in [1.54, 1.807) is 0 Å². The van der Waals surface area contributed by atoms with Gasteiger partial charge in [-0.3, -0.25) is 4.74 Å². The minimum absolute atomic E-state index is 0.932. The van der Waals surface area contributed by atoms with Crippen molar-refractivity contribution in [2.75, 3.05) is 0 Å². The summed E-state index contributed by atoms with van der Waals surface area (Å²) < 4.78 is 18.8. The van der Waals surface area contributed by atoms with Crippen LogP contribution in [0.1, 0.15) is 6.92 Å². The van der Waals surface area contributed by atoms with E-state index in [1.807, 2.05) is 0 Å². The highest BCUT2D eigenvalue weighted by molar-refractivity contribution is 6.40. The van der Waals surface area contributed by atoms with Gasteiger partial charge in [-0.1, -0.05) is 0 Å². The Balaban J connectivity index is 2.14. The zero-order valence-corrected chi connectivity index (χ0v) is 7.00. The monoisotopic (exact) mass is 206 g/mol. The van der Waals surface area contributed by atoms with E-state index in [0.717, 1.165) is 6.92 Å². The molecule has 0 saturated carbocycles. The highest BCUT2D eigenvalue weighted by Gasteiger charge is 2.92. The summed E-state index contributed by atoms with van der Waals surface area (Å²) in [6, 6.07) is 0. The van der Waals surface area contributed by atoms with Crippen LogP contribution in [0.15, 0.2) is 0 Å². The Labute approximate surface area is 77.7 Å². The van der Waals surface area contributed by atoms with Crippen LogP contribution in [0, 0.1) is 0 Å². The van der Waals surface area contributed by atoms with Gasteiger partial charge in [0.2, 0.25) is 5.79 Å².